The van der Waals surface area contributed by atoms with E-state index in [2.05, 4.69) is 29.6 Å². The zero-order valence-electron chi connectivity index (χ0n) is 18.2. The number of aromatic nitrogens is 1. The second kappa shape index (κ2) is 9.94. The minimum atomic E-state index is -0.336. The van der Waals surface area contributed by atoms with E-state index in [-0.39, 0.29) is 30.4 Å². The third kappa shape index (κ3) is 5.24. The van der Waals surface area contributed by atoms with Crippen molar-refractivity contribution in [1.29, 1.82) is 0 Å². The number of pyridine rings is 1. The Morgan fingerprint density at radius 2 is 2.06 bits per heavy atom. The molecule has 0 bridgehead atoms. The number of fused-ring (bicyclic) bond motifs is 1. The predicted octanol–water partition coefficient (Wildman–Crippen LogP) is 3.40. The number of ether oxygens (including phenoxy) is 1. The zero-order chi connectivity index (χ0) is 21.6. The summed E-state index contributed by atoms with van der Waals surface area (Å²) in [7, 11) is 0. The van der Waals surface area contributed by atoms with Crippen molar-refractivity contribution in [1.82, 2.24) is 9.88 Å². The molecule has 1 N–H and O–H groups in total. The van der Waals surface area contributed by atoms with Gasteiger partial charge in [0.1, 0.15) is 12.4 Å². The molecule has 2 atom stereocenters. The second-order valence-electron chi connectivity index (χ2n) is 8.43. The first-order valence-electron chi connectivity index (χ1n) is 11.4. The van der Waals surface area contributed by atoms with E-state index in [9.17, 15) is 9.59 Å². The summed E-state index contributed by atoms with van der Waals surface area (Å²) in [5.41, 5.74) is 3.47. The normalized spacial score (nSPS) is 20.3. The number of carbonyl (C=O) groups excluding carboxylic acids is 2. The quantitative estimate of drug-likeness (QED) is 0.662. The Balaban J connectivity index is 1.43. The molecule has 4 rings (SSSR count). The molecule has 31 heavy (non-hydrogen) atoms. The molecule has 0 aliphatic carbocycles. The molecule has 0 spiro atoms. The maximum atomic E-state index is 13.2. The van der Waals surface area contributed by atoms with Crippen molar-refractivity contribution >= 4 is 17.7 Å². The van der Waals surface area contributed by atoms with Crippen LogP contribution >= 0.6 is 0 Å². The lowest BCUT2D eigenvalue weighted by atomic mass is 9.95. The number of amides is 1. The number of aryl methyl sites for hydroxylation is 2. The summed E-state index contributed by atoms with van der Waals surface area (Å²) < 4.78 is 5.12. The van der Waals surface area contributed by atoms with Crippen molar-refractivity contribution in [2.24, 2.45) is 5.92 Å². The second-order valence-corrected chi connectivity index (χ2v) is 8.43. The largest absolute Gasteiger partial charge is 0.465 e. The van der Waals surface area contributed by atoms with Gasteiger partial charge in [-0.25, -0.2) is 4.98 Å². The highest BCUT2D eigenvalue weighted by Gasteiger charge is 2.40. The fourth-order valence-electron chi connectivity index (χ4n) is 4.67. The van der Waals surface area contributed by atoms with E-state index in [0.29, 0.717) is 6.61 Å². The van der Waals surface area contributed by atoms with Crippen LogP contribution in [0.3, 0.4) is 0 Å². The molecule has 1 amide bonds. The van der Waals surface area contributed by atoms with Gasteiger partial charge in [-0.05, 0) is 62.6 Å². The third-order valence-electron chi connectivity index (χ3n) is 6.25. The highest BCUT2D eigenvalue weighted by Crippen LogP contribution is 2.31. The smallest absolute Gasteiger partial charge is 0.325 e. The van der Waals surface area contributed by atoms with Gasteiger partial charge in [0.2, 0.25) is 5.91 Å². The van der Waals surface area contributed by atoms with Crippen molar-refractivity contribution in [3.8, 4) is 0 Å². The first kappa shape index (κ1) is 21.3. The summed E-state index contributed by atoms with van der Waals surface area (Å²) in [5, 5.41) is 3.38. The lowest BCUT2D eigenvalue weighted by molar-refractivity contribution is -0.149. The maximum Gasteiger partial charge on any atom is 0.325 e. The Morgan fingerprint density at radius 3 is 2.87 bits per heavy atom. The molecule has 3 heterocycles. The monoisotopic (exact) mass is 421 g/mol. The Kier molecular flexibility index (Phi) is 6.85. The standard InChI is InChI=1S/C25H31N3O3/c1-2-31-23(29)17-28-22(15-18-7-4-3-5-8-18)16-20(25(28)30)11-13-21-12-10-19-9-6-14-26-24(19)27-21/h3-5,7-8,10,12,20,22H,2,6,9,11,13-17H2,1H3,(H,26,27). The van der Waals surface area contributed by atoms with Gasteiger partial charge in [-0.1, -0.05) is 36.4 Å². The van der Waals surface area contributed by atoms with Gasteiger partial charge in [-0.3, -0.25) is 9.59 Å². The molecule has 1 aromatic carbocycles. The number of hydrogen-bond acceptors (Lipinski definition) is 5. The lowest BCUT2D eigenvalue weighted by Gasteiger charge is -2.24. The highest BCUT2D eigenvalue weighted by atomic mass is 16.5. The summed E-state index contributed by atoms with van der Waals surface area (Å²) in [6, 6.07) is 14.4. The molecule has 2 aliphatic rings. The molecule has 6 heteroatoms. The van der Waals surface area contributed by atoms with E-state index in [1.807, 2.05) is 18.2 Å². The molecule has 2 aliphatic heterocycles. The number of nitrogens with one attached hydrogen (secondary N) is 1. The van der Waals surface area contributed by atoms with Crippen molar-refractivity contribution < 1.29 is 14.3 Å². The van der Waals surface area contributed by atoms with Crippen LogP contribution in [0, 0.1) is 5.92 Å². The topological polar surface area (TPSA) is 71.5 Å². The fraction of sp³-hybridized carbons (Fsp3) is 0.480. The predicted molar refractivity (Wildman–Crippen MR) is 120 cm³/mol. The van der Waals surface area contributed by atoms with Crippen molar-refractivity contribution in [3.05, 3.63) is 59.3 Å². The average Bonchev–Trinajstić information content (AvgIpc) is 3.07. The molecule has 2 unspecified atom stereocenters. The van der Waals surface area contributed by atoms with Crippen LogP contribution in [0.1, 0.15) is 43.0 Å². The van der Waals surface area contributed by atoms with E-state index in [4.69, 9.17) is 9.72 Å². The molecular formula is C25H31N3O3. The van der Waals surface area contributed by atoms with Crippen LogP contribution in [0.15, 0.2) is 42.5 Å². The Labute approximate surface area is 184 Å². The number of esters is 1. The molecule has 0 saturated carbocycles. The minimum Gasteiger partial charge on any atom is -0.465 e. The van der Waals surface area contributed by atoms with Gasteiger partial charge in [-0.15, -0.1) is 0 Å². The highest BCUT2D eigenvalue weighted by molar-refractivity contribution is 5.86. The van der Waals surface area contributed by atoms with Crippen LogP contribution in [0.5, 0.6) is 0 Å². The lowest BCUT2D eigenvalue weighted by Crippen LogP contribution is -2.39. The minimum absolute atomic E-state index is 0.0162. The zero-order valence-corrected chi connectivity index (χ0v) is 18.2. The molecular weight excluding hydrogens is 390 g/mol. The van der Waals surface area contributed by atoms with E-state index in [1.165, 1.54) is 11.1 Å². The van der Waals surface area contributed by atoms with Crippen molar-refractivity contribution in [3.63, 3.8) is 0 Å². The number of anilines is 1. The summed E-state index contributed by atoms with van der Waals surface area (Å²) in [5.74, 6) is 0.628. The first-order valence-corrected chi connectivity index (χ1v) is 11.4. The third-order valence-corrected chi connectivity index (χ3v) is 6.25. The van der Waals surface area contributed by atoms with Crippen molar-refractivity contribution in [2.75, 3.05) is 25.0 Å². The van der Waals surface area contributed by atoms with E-state index in [0.717, 1.165) is 56.6 Å². The molecule has 1 aromatic heterocycles. The fourth-order valence-corrected chi connectivity index (χ4v) is 4.67. The summed E-state index contributed by atoms with van der Waals surface area (Å²) >= 11 is 0. The number of hydrogen-bond donors (Lipinski definition) is 1. The number of rotatable bonds is 8. The van der Waals surface area contributed by atoms with Crippen LogP contribution in [0.2, 0.25) is 0 Å². The van der Waals surface area contributed by atoms with Crippen LogP contribution in [0.4, 0.5) is 5.82 Å². The molecule has 0 radical (unpaired) electrons. The molecule has 1 fully saturated rings. The number of likely N-dealkylation sites (tertiary alicyclic amines) is 1. The van der Waals surface area contributed by atoms with Crippen LogP contribution < -0.4 is 5.32 Å². The van der Waals surface area contributed by atoms with Gasteiger partial charge in [0.05, 0.1) is 6.61 Å². The number of nitrogens with zero attached hydrogens (tertiary/aromatic N) is 2. The van der Waals surface area contributed by atoms with Gasteiger partial charge in [0, 0.05) is 24.2 Å². The first-order chi connectivity index (χ1) is 15.1. The maximum absolute atomic E-state index is 13.2. The van der Waals surface area contributed by atoms with Crippen LogP contribution in [0.25, 0.3) is 0 Å². The van der Waals surface area contributed by atoms with Gasteiger partial charge in [0.25, 0.3) is 0 Å². The van der Waals surface area contributed by atoms with Crippen LogP contribution in [-0.4, -0.2) is 47.5 Å². The Bertz CT molecular complexity index is 915. The summed E-state index contributed by atoms with van der Waals surface area (Å²) in [6.45, 7) is 3.11. The van der Waals surface area contributed by atoms with Gasteiger partial charge < -0.3 is 15.0 Å². The van der Waals surface area contributed by atoms with Gasteiger partial charge in [-0.2, -0.15) is 0 Å². The Hall–Kier alpha value is -2.89. The molecule has 6 nitrogen and oxygen atoms in total. The SMILES string of the molecule is CCOC(=O)CN1C(=O)C(CCc2ccc3c(n2)NCCC3)CC1Cc1ccccc1. The molecule has 2 aromatic rings. The molecule has 164 valence electrons. The molecule has 1 saturated heterocycles. The summed E-state index contributed by atoms with van der Waals surface area (Å²) in [6.07, 6.45) is 5.23. The number of benzene rings is 1. The summed E-state index contributed by atoms with van der Waals surface area (Å²) in [4.78, 5) is 31.8. The van der Waals surface area contributed by atoms with E-state index < -0.39 is 0 Å². The van der Waals surface area contributed by atoms with E-state index in [1.54, 1.807) is 11.8 Å². The Morgan fingerprint density at radius 1 is 1.23 bits per heavy atom. The van der Waals surface area contributed by atoms with Gasteiger partial charge in [0.15, 0.2) is 0 Å². The average molecular weight is 422 g/mol. The van der Waals surface area contributed by atoms with E-state index >= 15 is 0 Å². The number of carbonyl (C=O) groups is 2. The van der Waals surface area contributed by atoms with Crippen molar-refractivity contribution in [2.45, 2.75) is 51.5 Å². The van der Waals surface area contributed by atoms with Crippen LogP contribution in [-0.2, 0) is 33.6 Å². The van der Waals surface area contributed by atoms with Gasteiger partial charge >= 0.3 is 5.97 Å².